The second-order valence-electron chi connectivity index (χ2n) is 8.05. The number of rotatable bonds is 3. The van der Waals surface area contributed by atoms with Gasteiger partial charge in [-0.25, -0.2) is 13.6 Å². The number of hydrogen-bond donors (Lipinski definition) is 0. The molecule has 0 aromatic carbocycles. The van der Waals surface area contributed by atoms with Crippen molar-refractivity contribution >= 4 is 5.97 Å². The van der Waals surface area contributed by atoms with E-state index >= 15 is 0 Å². The van der Waals surface area contributed by atoms with Crippen LogP contribution in [0.1, 0.15) is 73.1 Å². The van der Waals surface area contributed by atoms with Crippen LogP contribution in [0.5, 0.6) is 0 Å². The second kappa shape index (κ2) is 6.59. The molecule has 0 amide bonds. The molecule has 2 aliphatic heterocycles. The summed E-state index contributed by atoms with van der Waals surface area (Å²) in [5, 5.41) is 4.22. The van der Waals surface area contributed by atoms with Crippen molar-refractivity contribution in [2.24, 2.45) is 5.41 Å². The third-order valence-corrected chi connectivity index (χ3v) is 6.23. The zero-order chi connectivity index (χ0) is 18.4. The lowest BCUT2D eigenvalue weighted by atomic mass is 9.66. The Hall–Kier alpha value is -1.50. The number of halogens is 2. The molecule has 26 heavy (non-hydrogen) atoms. The summed E-state index contributed by atoms with van der Waals surface area (Å²) in [5.74, 6) is -3.18. The third-order valence-electron chi connectivity index (χ3n) is 6.23. The second-order valence-corrected chi connectivity index (χ2v) is 8.05. The maximum Gasteiger partial charge on any atom is 0.359 e. The Morgan fingerprint density at radius 3 is 2.77 bits per heavy atom. The third kappa shape index (κ3) is 3.15. The molecule has 3 heterocycles. The van der Waals surface area contributed by atoms with E-state index in [2.05, 4.69) is 5.10 Å². The quantitative estimate of drug-likeness (QED) is 0.764. The van der Waals surface area contributed by atoms with Crippen molar-refractivity contribution in [3.63, 3.8) is 0 Å². The van der Waals surface area contributed by atoms with Crippen molar-refractivity contribution in [2.45, 2.75) is 70.3 Å². The van der Waals surface area contributed by atoms with Crippen molar-refractivity contribution in [2.75, 3.05) is 19.8 Å². The van der Waals surface area contributed by atoms with Crippen LogP contribution in [0, 0.1) is 5.41 Å². The zero-order valence-corrected chi connectivity index (χ0v) is 15.2. The highest BCUT2D eigenvalue weighted by Crippen LogP contribution is 2.49. The zero-order valence-electron chi connectivity index (χ0n) is 15.2. The maximum absolute atomic E-state index is 13.9. The summed E-state index contributed by atoms with van der Waals surface area (Å²) in [7, 11) is 0. The predicted molar refractivity (Wildman–Crippen MR) is 90.5 cm³/mol. The minimum atomic E-state index is -2.78. The van der Waals surface area contributed by atoms with Gasteiger partial charge in [0.05, 0.1) is 19.6 Å². The highest BCUT2D eigenvalue weighted by Gasteiger charge is 2.45. The van der Waals surface area contributed by atoms with Crippen molar-refractivity contribution in [1.29, 1.82) is 0 Å². The molecule has 1 saturated carbocycles. The van der Waals surface area contributed by atoms with Crippen LogP contribution in [0.2, 0.25) is 0 Å². The summed E-state index contributed by atoms with van der Waals surface area (Å²) in [4.78, 5) is 12.4. The Labute approximate surface area is 152 Å². The Bertz CT molecular complexity index is 685. The summed E-state index contributed by atoms with van der Waals surface area (Å²) in [5.41, 5.74) is 1.73. The first-order valence-corrected chi connectivity index (χ1v) is 9.65. The Kier molecular flexibility index (Phi) is 4.53. The summed E-state index contributed by atoms with van der Waals surface area (Å²) < 4.78 is 39.9. The molecule has 144 valence electrons. The molecule has 0 unspecified atom stereocenters. The van der Waals surface area contributed by atoms with E-state index in [0.29, 0.717) is 11.3 Å². The van der Waals surface area contributed by atoms with Gasteiger partial charge in [0.25, 0.3) is 5.92 Å². The number of fused-ring (bicyclic) bond motifs is 1. The maximum atomic E-state index is 13.9. The molecule has 0 bridgehead atoms. The Balaban J connectivity index is 1.60. The fraction of sp³-hybridized carbons (Fsp3) is 0.789. The van der Waals surface area contributed by atoms with Crippen molar-refractivity contribution in [3.05, 3.63) is 17.0 Å². The van der Waals surface area contributed by atoms with Gasteiger partial charge < -0.3 is 9.47 Å². The molecule has 0 N–H and O–H groups in total. The van der Waals surface area contributed by atoms with Gasteiger partial charge >= 0.3 is 5.97 Å². The highest BCUT2D eigenvalue weighted by atomic mass is 19.3. The lowest BCUT2D eigenvalue weighted by Gasteiger charge is -2.42. The van der Waals surface area contributed by atoms with Crippen LogP contribution in [-0.4, -0.2) is 41.5 Å². The van der Waals surface area contributed by atoms with Gasteiger partial charge in [-0.05, 0) is 56.8 Å². The van der Waals surface area contributed by atoms with Crippen molar-refractivity contribution in [1.82, 2.24) is 9.78 Å². The van der Waals surface area contributed by atoms with E-state index in [1.807, 2.05) is 0 Å². The largest absolute Gasteiger partial charge is 0.461 e. The highest BCUT2D eigenvalue weighted by molar-refractivity contribution is 5.89. The van der Waals surface area contributed by atoms with E-state index in [4.69, 9.17) is 9.47 Å². The molecule has 5 nitrogen and oxygen atoms in total. The molecule has 0 radical (unpaired) electrons. The number of alkyl halides is 2. The topological polar surface area (TPSA) is 53.3 Å². The lowest BCUT2D eigenvalue weighted by molar-refractivity contribution is -0.0309. The lowest BCUT2D eigenvalue weighted by Crippen LogP contribution is -2.35. The molecule has 1 aromatic rings. The minimum absolute atomic E-state index is 0.0969. The Morgan fingerprint density at radius 1 is 1.35 bits per heavy atom. The van der Waals surface area contributed by atoms with Crippen LogP contribution >= 0.6 is 0 Å². The van der Waals surface area contributed by atoms with Gasteiger partial charge in [-0.1, -0.05) is 0 Å². The van der Waals surface area contributed by atoms with Gasteiger partial charge in [0.2, 0.25) is 0 Å². The molecule has 0 atom stereocenters. The van der Waals surface area contributed by atoms with E-state index < -0.39 is 18.4 Å². The molecule has 1 aliphatic carbocycles. The predicted octanol–water partition coefficient (Wildman–Crippen LogP) is 3.71. The molecular weight excluding hydrogens is 342 g/mol. The normalized spacial score (nSPS) is 30.3. The van der Waals surface area contributed by atoms with Crippen LogP contribution in [-0.2, 0) is 22.4 Å². The Morgan fingerprint density at radius 2 is 2.12 bits per heavy atom. The monoisotopic (exact) mass is 368 g/mol. The molecule has 7 heteroatoms. The van der Waals surface area contributed by atoms with Crippen LogP contribution < -0.4 is 0 Å². The van der Waals surface area contributed by atoms with Gasteiger partial charge in [-0.15, -0.1) is 0 Å². The van der Waals surface area contributed by atoms with Crippen LogP contribution in [0.4, 0.5) is 8.78 Å². The van der Waals surface area contributed by atoms with E-state index in [9.17, 15) is 13.6 Å². The van der Waals surface area contributed by atoms with Crippen LogP contribution in [0.25, 0.3) is 0 Å². The summed E-state index contributed by atoms with van der Waals surface area (Å²) in [6.45, 7) is 3.18. The van der Waals surface area contributed by atoms with Crippen LogP contribution in [0.15, 0.2) is 0 Å². The molecule has 4 rings (SSSR count). The average molecular weight is 368 g/mol. The van der Waals surface area contributed by atoms with Gasteiger partial charge in [-0.3, -0.25) is 4.68 Å². The molecule has 1 saturated heterocycles. The fourth-order valence-corrected chi connectivity index (χ4v) is 4.95. The fourth-order valence-electron chi connectivity index (χ4n) is 4.95. The van der Waals surface area contributed by atoms with Gasteiger partial charge in [-0.2, -0.15) is 5.10 Å². The van der Waals surface area contributed by atoms with E-state index in [1.165, 1.54) is 11.1 Å². The van der Waals surface area contributed by atoms with E-state index in [0.717, 1.165) is 45.3 Å². The summed E-state index contributed by atoms with van der Waals surface area (Å²) in [6.07, 6.45) is 5.74. The van der Waals surface area contributed by atoms with Gasteiger partial charge in [0, 0.05) is 17.9 Å². The molecule has 1 aromatic heterocycles. The summed E-state index contributed by atoms with van der Waals surface area (Å²) >= 11 is 0. The van der Waals surface area contributed by atoms with Crippen LogP contribution in [0.3, 0.4) is 0 Å². The van der Waals surface area contributed by atoms with Crippen molar-refractivity contribution < 1.29 is 23.0 Å². The average Bonchev–Trinajstić information content (AvgIpc) is 3.09. The molecule has 2 fully saturated rings. The smallest absolute Gasteiger partial charge is 0.359 e. The summed E-state index contributed by atoms with van der Waals surface area (Å²) in [6, 6.07) is 0. The SMILES string of the molecule is CCOC(=O)c1nn2c(c1[C@H]1CC[C@@]3(CCCOC3)CC1)CC(F)(F)C2. The number of esters is 1. The first-order valence-electron chi connectivity index (χ1n) is 9.65. The molecule has 3 aliphatic rings. The number of aromatic nitrogens is 2. The standard InChI is InChI=1S/C19H26F2N2O3/c1-2-26-17(24)16-15(14-10-19(20,21)11-23(14)22-16)13-4-7-18(8-5-13)6-3-9-25-12-18/h13H,2-12H2,1H3/t13-,18-. The number of ether oxygens (including phenoxy) is 2. The minimum Gasteiger partial charge on any atom is -0.461 e. The van der Waals surface area contributed by atoms with E-state index in [1.54, 1.807) is 6.92 Å². The first-order chi connectivity index (χ1) is 12.4. The number of carbonyl (C=O) groups excluding carboxylic acids is 1. The number of hydrogen-bond acceptors (Lipinski definition) is 4. The van der Waals surface area contributed by atoms with Gasteiger partial charge in [0.15, 0.2) is 5.69 Å². The number of nitrogens with zero attached hydrogens (tertiary/aromatic N) is 2. The molecular formula is C19H26F2N2O3. The first kappa shape index (κ1) is 17.9. The van der Waals surface area contributed by atoms with Crippen molar-refractivity contribution in [3.8, 4) is 0 Å². The molecule has 1 spiro atoms. The van der Waals surface area contributed by atoms with Gasteiger partial charge in [0.1, 0.15) is 6.54 Å². The number of carbonyl (C=O) groups is 1. The van der Waals surface area contributed by atoms with E-state index in [-0.39, 0.29) is 30.1 Å².